The van der Waals surface area contributed by atoms with Crippen LogP contribution in [0.3, 0.4) is 0 Å². The van der Waals surface area contributed by atoms with Gasteiger partial charge in [-0.1, -0.05) is 31.1 Å². The zero-order valence-corrected chi connectivity index (χ0v) is 16.2. The van der Waals surface area contributed by atoms with E-state index in [0.29, 0.717) is 34.4 Å². The minimum atomic E-state index is -3.84. The second-order valence-corrected chi connectivity index (χ2v) is 8.23. The first-order valence-electron chi connectivity index (χ1n) is 8.31. The van der Waals surface area contributed by atoms with Gasteiger partial charge in [0.15, 0.2) is 5.82 Å². The molecule has 8 heteroatoms. The largest absolute Gasteiger partial charge is 0.361 e. The van der Waals surface area contributed by atoms with E-state index in [0.717, 1.165) is 5.56 Å². The SMILES string of the molecule is Cc1noc(-c2c(C)[nH]c(C)c2S(=O)(=O)Nc2cccc(C(C)C)c2)n1. The Balaban J connectivity index is 2.07. The van der Waals surface area contributed by atoms with Gasteiger partial charge >= 0.3 is 0 Å². The molecule has 7 nitrogen and oxygen atoms in total. The van der Waals surface area contributed by atoms with Crippen LogP contribution in [0.5, 0.6) is 0 Å². The second kappa shape index (κ2) is 6.60. The number of hydrogen-bond acceptors (Lipinski definition) is 5. The van der Waals surface area contributed by atoms with Crippen molar-refractivity contribution in [2.45, 2.75) is 45.4 Å². The van der Waals surface area contributed by atoms with Crippen molar-refractivity contribution in [3.8, 4) is 11.5 Å². The molecule has 138 valence electrons. The Morgan fingerprint density at radius 2 is 1.88 bits per heavy atom. The lowest BCUT2D eigenvalue weighted by molar-refractivity contribution is 0.424. The average molecular weight is 374 g/mol. The van der Waals surface area contributed by atoms with E-state index in [4.69, 9.17) is 4.52 Å². The number of aromatic amines is 1. The quantitative estimate of drug-likeness (QED) is 0.705. The number of aryl methyl sites for hydroxylation is 3. The third-order valence-corrected chi connectivity index (χ3v) is 5.69. The number of nitrogens with zero attached hydrogens (tertiary/aromatic N) is 2. The summed E-state index contributed by atoms with van der Waals surface area (Å²) in [6, 6.07) is 7.38. The molecular formula is C18H22N4O3S. The topological polar surface area (TPSA) is 101 Å². The van der Waals surface area contributed by atoms with Crippen LogP contribution in [0.4, 0.5) is 5.69 Å². The average Bonchev–Trinajstić information content (AvgIpc) is 3.09. The van der Waals surface area contributed by atoms with Gasteiger partial charge in [-0.3, -0.25) is 4.72 Å². The molecule has 2 N–H and O–H groups in total. The molecule has 0 fully saturated rings. The standard InChI is InChI=1S/C18H22N4O3S/c1-10(2)14-7-6-8-15(9-14)22-26(23,24)17-12(4)19-11(3)16(17)18-20-13(5)21-25-18/h6-10,19,22H,1-5H3. The van der Waals surface area contributed by atoms with E-state index in [1.165, 1.54) is 0 Å². The fourth-order valence-electron chi connectivity index (χ4n) is 2.92. The van der Waals surface area contributed by atoms with Gasteiger partial charge in [-0.05, 0) is 44.4 Å². The van der Waals surface area contributed by atoms with Crippen LogP contribution in [0.1, 0.15) is 42.5 Å². The van der Waals surface area contributed by atoms with Gasteiger partial charge in [-0.2, -0.15) is 4.98 Å². The minimum absolute atomic E-state index is 0.119. The van der Waals surface area contributed by atoms with E-state index in [9.17, 15) is 8.42 Å². The van der Waals surface area contributed by atoms with E-state index in [1.807, 2.05) is 18.2 Å². The lowest BCUT2D eigenvalue weighted by atomic mass is 10.0. The smallest absolute Gasteiger partial charge is 0.264 e. The molecule has 3 aromatic rings. The number of nitrogens with one attached hydrogen (secondary N) is 2. The van der Waals surface area contributed by atoms with Crippen molar-refractivity contribution in [3.05, 3.63) is 47.0 Å². The van der Waals surface area contributed by atoms with Crippen LogP contribution in [-0.4, -0.2) is 23.5 Å². The molecule has 3 rings (SSSR count). The first-order chi connectivity index (χ1) is 12.2. The summed E-state index contributed by atoms with van der Waals surface area (Å²) in [7, 11) is -3.84. The second-order valence-electron chi connectivity index (χ2n) is 6.61. The summed E-state index contributed by atoms with van der Waals surface area (Å²) in [5.74, 6) is 0.924. The molecule has 26 heavy (non-hydrogen) atoms. The van der Waals surface area contributed by atoms with E-state index < -0.39 is 10.0 Å². The van der Waals surface area contributed by atoms with Crippen molar-refractivity contribution in [2.24, 2.45) is 0 Å². The number of H-pyrrole nitrogens is 1. The molecule has 0 atom stereocenters. The van der Waals surface area contributed by atoms with Crippen LogP contribution >= 0.6 is 0 Å². The molecular weight excluding hydrogens is 352 g/mol. The molecule has 2 heterocycles. The fraction of sp³-hybridized carbons (Fsp3) is 0.333. The van der Waals surface area contributed by atoms with Crippen LogP contribution in [0.2, 0.25) is 0 Å². The Labute approximate surface area is 152 Å². The van der Waals surface area contributed by atoms with E-state index in [1.54, 1.807) is 26.8 Å². The molecule has 0 aliphatic heterocycles. The van der Waals surface area contributed by atoms with E-state index in [-0.39, 0.29) is 10.8 Å². The number of sulfonamides is 1. The van der Waals surface area contributed by atoms with Crippen LogP contribution in [-0.2, 0) is 10.0 Å². The molecule has 0 bridgehead atoms. The Bertz CT molecular complexity index is 1050. The van der Waals surface area contributed by atoms with Crippen molar-refractivity contribution in [1.29, 1.82) is 0 Å². The molecule has 0 aliphatic rings. The van der Waals surface area contributed by atoms with Crippen molar-refractivity contribution >= 4 is 15.7 Å². The number of anilines is 1. The lowest BCUT2D eigenvalue weighted by Gasteiger charge is -2.12. The summed E-state index contributed by atoms with van der Waals surface area (Å²) in [4.78, 5) is 7.36. The first kappa shape index (κ1) is 18.2. The zero-order chi connectivity index (χ0) is 19.1. The highest BCUT2D eigenvalue weighted by molar-refractivity contribution is 7.93. The van der Waals surface area contributed by atoms with Crippen molar-refractivity contribution < 1.29 is 12.9 Å². The number of aromatic nitrogens is 3. The van der Waals surface area contributed by atoms with Gasteiger partial charge < -0.3 is 9.51 Å². The minimum Gasteiger partial charge on any atom is -0.361 e. The van der Waals surface area contributed by atoms with Gasteiger partial charge in [0.25, 0.3) is 15.9 Å². The number of rotatable bonds is 5. The Hall–Kier alpha value is -2.61. The third-order valence-electron chi connectivity index (χ3n) is 4.13. The highest BCUT2D eigenvalue weighted by Gasteiger charge is 2.29. The summed E-state index contributed by atoms with van der Waals surface area (Å²) in [6.45, 7) is 9.29. The normalized spacial score (nSPS) is 11.9. The van der Waals surface area contributed by atoms with Crippen LogP contribution in [0, 0.1) is 20.8 Å². The van der Waals surface area contributed by atoms with Crippen LogP contribution < -0.4 is 4.72 Å². The highest BCUT2D eigenvalue weighted by atomic mass is 32.2. The van der Waals surface area contributed by atoms with Crippen LogP contribution in [0.25, 0.3) is 11.5 Å². The van der Waals surface area contributed by atoms with Crippen molar-refractivity contribution in [3.63, 3.8) is 0 Å². The Morgan fingerprint density at radius 1 is 1.15 bits per heavy atom. The molecule has 0 unspecified atom stereocenters. The molecule has 0 spiro atoms. The fourth-order valence-corrected chi connectivity index (χ4v) is 4.42. The third kappa shape index (κ3) is 3.37. The number of benzene rings is 1. The van der Waals surface area contributed by atoms with Gasteiger partial charge in [0.1, 0.15) is 4.90 Å². The highest BCUT2D eigenvalue weighted by Crippen LogP contribution is 2.33. The van der Waals surface area contributed by atoms with Gasteiger partial charge in [0.2, 0.25) is 0 Å². The summed E-state index contributed by atoms with van der Waals surface area (Å²) >= 11 is 0. The molecule has 0 radical (unpaired) electrons. The molecule has 2 aromatic heterocycles. The summed E-state index contributed by atoms with van der Waals surface area (Å²) in [6.07, 6.45) is 0. The Kier molecular flexibility index (Phi) is 4.62. The predicted molar refractivity (Wildman–Crippen MR) is 99.6 cm³/mol. The van der Waals surface area contributed by atoms with Gasteiger partial charge in [-0.25, -0.2) is 8.42 Å². The monoisotopic (exact) mass is 374 g/mol. The first-order valence-corrected chi connectivity index (χ1v) is 9.80. The lowest BCUT2D eigenvalue weighted by Crippen LogP contribution is -2.14. The summed E-state index contributed by atoms with van der Waals surface area (Å²) in [5, 5.41) is 3.77. The van der Waals surface area contributed by atoms with Gasteiger partial charge in [-0.15, -0.1) is 0 Å². The summed E-state index contributed by atoms with van der Waals surface area (Å²) < 4.78 is 34.1. The van der Waals surface area contributed by atoms with Gasteiger partial charge in [0.05, 0.1) is 5.56 Å². The maximum absolute atomic E-state index is 13.1. The molecule has 1 aromatic carbocycles. The Morgan fingerprint density at radius 3 is 2.50 bits per heavy atom. The van der Waals surface area contributed by atoms with Crippen molar-refractivity contribution in [1.82, 2.24) is 15.1 Å². The summed E-state index contributed by atoms with van der Waals surface area (Å²) in [5.41, 5.74) is 3.14. The zero-order valence-electron chi connectivity index (χ0n) is 15.4. The maximum atomic E-state index is 13.1. The van der Waals surface area contributed by atoms with E-state index in [2.05, 4.69) is 33.7 Å². The van der Waals surface area contributed by atoms with Crippen molar-refractivity contribution in [2.75, 3.05) is 4.72 Å². The van der Waals surface area contributed by atoms with Gasteiger partial charge in [0, 0.05) is 17.1 Å². The van der Waals surface area contributed by atoms with E-state index >= 15 is 0 Å². The number of hydrogen-bond donors (Lipinski definition) is 2. The predicted octanol–water partition coefficient (Wildman–Crippen LogP) is 3.91. The molecule has 0 aliphatic carbocycles. The molecule has 0 amide bonds. The molecule has 0 saturated heterocycles. The maximum Gasteiger partial charge on any atom is 0.264 e. The molecule has 0 saturated carbocycles. The van der Waals surface area contributed by atoms with Crippen LogP contribution in [0.15, 0.2) is 33.7 Å².